The first-order chi connectivity index (χ1) is 12.8. The van der Waals surface area contributed by atoms with E-state index in [0.29, 0.717) is 17.5 Å². The first-order valence-corrected chi connectivity index (χ1v) is 9.96. The molecule has 1 aliphatic rings. The number of benzene rings is 1. The molecule has 0 atom stereocenters. The standard InChI is InChI=1S/C20H25N3O2S/c1-4-5-13-26-20-22-21-19(23(20)16-9-7-6-8-10-16)15-11-12-17(24-2)18(14-15)25-3/h11-12,14,16H,6-10,13H2,1-3H3. The van der Waals surface area contributed by atoms with Crippen LogP contribution in [0.25, 0.3) is 11.4 Å². The van der Waals surface area contributed by atoms with Gasteiger partial charge in [0, 0.05) is 11.6 Å². The van der Waals surface area contributed by atoms with Crippen LogP contribution in [-0.2, 0) is 0 Å². The van der Waals surface area contributed by atoms with Gasteiger partial charge in [-0.3, -0.25) is 4.57 Å². The van der Waals surface area contributed by atoms with Crippen LogP contribution in [0.4, 0.5) is 0 Å². The summed E-state index contributed by atoms with van der Waals surface area (Å²) >= 11 is 1.66. The van der Waals surface area contributed by atoms with Crippen LogP contribution in [0.3, 0.4) is 0 Å². The van der Waals surface area contributed by atoms with Gasteiger partial charge < -0.3 is 9.47 Å². The fourth-order valence-corrected chi connectivity index (χ4v) is 4.21. The third kappa shape index (κ3) is 3.99. The monoisotopic (exact) mass is 371 g/mol. The number of ether oxygens (including phenoxy) is 2. The minimum absolute atomic E-state index is 0.443. The van der Waals surface area contributed by atoms with Gasteiger partial charge in [0.05, 0.1) is 20.0 Å². The second kappa shape index (κ2) is 9.00. The van der Waals surface area contributed by atoms with Gasteiger partial charge in [0.25, 0.3) is 0 Å². The molecule has 0 amide bonds. The minimum Gasteiger partial charge on any atom is -0.493 e. The highest BCUT2D eigenvalue weighted by atomic mass is 32.2. The Morgan fingerprint density at radius 3 is 2.58 bits per heavy atom. The van der Waals surface area contributed by atoms with Crippen LogP contribution >= 0.6 is 11.8 Å². The number of hydrogen-bond donors (Lipinski definition) is 0. The van der Waals surface area contributed by atoms with Gasteiger partial charge in [-0.25, -0.2) is 0 Å². The highest BCUT2D eigenvalue weighted by Crippen LogP contribution is 2.37. The molecule has 0 bridgehead atoms. The predicted molar refractivity (Wildman–Crippen MR) is 105 cm³/mol. The lowest BCUT2D eigenvalue weighted by Gasteiger charge is -2.25. The molecule has 138 valence electrons. The molecule has 2 aromatic rings. The van der Waals surface area contributed by atoms with Crippen molar-refractivity contribution in [2.75, 3.05) is 20.0 Å². The Morgan fingerprint density at radius 1 is 1.12 bits per heavy atom. The van der Waals surface area contributed by atoms with E-state index >= 15 is 0 Å². The first kappa shape index (κ1) is 18.7. The van der Waals surface area contributed by atoms with Gasteiger partial charge in [-0.2, -0.15) is 0 Å². The van der Waals surface area contributed by atoms with Crippen LogP contribution in [0.1, 0.15) is 45.1 Å². The molecule has 0 N–H and O–H groups in total. The molecule has 0 aliphatic heterocycles. The van der Waals surface area contributed by atoms with Crippen LogP contribution in [-0.4, -0.2) is 34.7 Å². The topological polar surface area (TPSA) is 49.2 Å². The van der Waals surface area contributed by atoms with E-state index in [0.717, 1.165) is 22.3 Å². The van der Waals surface area contributed by atoms with Crippen molar-refractivity contribution in [2.45, 2.75) is 50.2 Å². The van der Waals surface area contributed by atoms with Gasteiger partial charge in [-0.05, 0) is 38.0 Å². The summed E-state index contributed by atoms with van der Waals surface area (Å²) in [6.07, 6.45) is 6.17. The summed E-state index contributed by atoms with van der Waals surface area (Å²) in [5.41, 5.74) is 0.995. The average molecular weight is 372 g/mol. The van der Waals surface area contributed by atoms with Crippen LogP contribution in [0.5, 0.6) is 11.5 Å². The summed E-state index contributed by atoms with van der Waals surface area (Å²) in [6, 6.07) is 6.36. The summed E-state index contributed by atoms with van der Waals surface area (Å²) < 4.78 is 13.1. The van der Waals surface area contributed by atoms with Crippen molar-refractivity contribution >= 4 is 11.8 Å². The number of methoxy groups -OCH3 is 2. The zero-order valence-corrected chi connectivity index (χ0v) is 16.4. The van der Waals surface area contributed by atoms with Crippen molar-refractivity contribution < 1.29 is 9.47 Å². The molecule has 0 saturated heterocycles. The van der Waals surface area contributed by atoms with Crippen molar-refractivity contribution in [3.8, 4) is 34.7 Å². The fraction of sp³-hybridized carbons (Fsp3) is 0.500. The third-order valence-electron chi connectivity index (χ3n) is 4.70. The molecule has 6 heteroatoms. The normalized spacial score (nSPS) is 14.6. The van der Waals surface area contributed by atoms with E-state index in [9.17, 15) is 0 Å². The van der Waals surface area contributed by atoms with Crippen molar-refractivity contribution in [3.05, 3.63) is 18.2 Å². The fourth-order valence-electron chi connectivity index (χ4n) is 3.39. The van der Waals surface area contributed by atoms with Crippen molar-refractivity contribution in [1.82, 2.24) is 14.8 Å². The molecular weight excluding hydrogens is 346 g/mol. The summed E-state index contributed by atoms with van der Waals surface area (Å²) in [4.78, 5) is 0. The van der Waals surface area contributed by atoms with Gasteiger partial charge in [0.2, 0.25) is 0 Å². The largest absolute Gasteiger partial charge is 0.493 e. The molecular formula is C20H25N3O2S. The van der Waals surface area contributed by atoms with Gasteiger partial charge in [0.15, 0.2) is 22.5 Å². The summed E-state index contributed by atoms with van der Waals surface area (Å²) in [7, 11) is 3.30. The molecule has 1 saturated carbocycles. The van der Waals surface area contributed by atoms with Crippen molar-refractivity contribution in [3.63, 3.8) is 0 Å². The lowest BCUT2D eigenvalue weighted by Crippen LogP contribution is -2.15. The van der Waals surface area contributed by atoms with Gasteiger partial charge in [0.1, 0.15) is 0 Å². The molecule has 1 aromatic heterocycles. The zero-order valence-electron chi connectivity index (χ0n) is 15.6. The van der Waals surface area contributed by atoms with E-state index in [-0.39, 0.29) is 0 Å². The van der Waals surface area contributed by atoms with E-state index in [1.807, 2.05) is 25.1 Å². The lowest BCUT2D eigenvalue weighted by atomic mass is 9.95. The average Bonchev–Trinajstić information content (AvgIpc) is 3.12. The predicted octanol–water partition coefficient (Wildman–Crippen LogP) is 4.58. The first-order valence-electron chi connectivity index (χ1n) is 8.98. The number of aromatic nitrogens is 3. The molecule has 1 aromatic carbocycles. The molecule has 0 unspecified atom stereocenters. The maximum absolute atomic E-state index is 5.46. The second-order valence-corrected chi connectivity index (χ2v) is 7.20. The molecule has 1 heterocycles. The molecule has 1 aliphatic carbocycles. The van der Waals surface area contributed by atoms with Crippen LogP contribution in [0, 0.1) is 11.8 Å². The Kier molecular flexibility index (Phi) is 6.45. The second-order valence-electron chi connectivity index (χ2n) is 6.25. The number of thioether (sulfide) groups is 1. The SMILES string of the molecule is CC#CCSc1nnc(-c2ccc(OC)c(OC)c2)n1C1CCCCC1. The molecule has 1 fully saturated rings. The van der Waals surface area contributed by atoms with Crippen LogP contribution < -0.4 is 9.47 Å². The molecule has 26 heavy (non-hydrogen) atoms. The maximum Gasteiger partial charge on any atom is 0.192 e. The highest BCUT2D eigenvalue weighted by Gasteiger charge is 2.24. The number of nitrogens with zero attached hydrogens (tertiary/aromatic N) is 3. The van der Waals surface area contributed by atoms with Crippen LogP contribution in [0.15, 0.2) is 23.4 Å². The Morgan fingerprint density at radius 2 is 1.88 bits per heavy atom. The molecule has 3 rings (SSSR count). The van der Waals surface area contributed by atoms with Gasteiger partial charge >= 0.3 is 0 Å². The lowest BCUT2D eigenvalue weighted by molar-refractivity contribution is 0.339. The van der Waals surface area contributed by atoms with Crippen LogP contribution in [0.2, 0.25) is 0 Å². The Labute approximate surface area is 159 Å². The Hall–Kier alpha value is -2.13. The van der Waals surface area contributed by atoms with E-state index in [2.05, 4.69) is 26.6 Å². The summed E-state index contributed by atoms with van der Waals surface area (Å²) in [6.45, 7) is 1.86. The van der Waals surface area contributed by atoms with E-state index < -0.39 is 0 Å². The van der Waals surface area contributed by atoms with Crippen molar-refractivity contribution in [1.29, 1.82) is 0 Å². The summed E-state index contributed by atoms with van der Waals surface area (Å²) in [5, 5.41) is 9.94. The minimum atomic E-state index is 0.443. The van der Waals surface area contributed by atoms with Crippen molar-refractivity contribution in [2.24, 2.45) is 0 Å². The molecule has 5 nitrogen and oxygen atoms in total. The third-order valence-corrected chi connectivity index (χ3v) is 5.52. The number of hydrogen-bond acceptors (Lipinski definition) is 5. The molecule has 0 spiro atoms. The quantitative estimate of drug-likeness (QED) is 0.549. The van der Waals surface area contributed by atoms with E-state index in [1.54, 1.807) is 26.0 Å². The Balaban J connectivity index is 2.01. The van der Waals surface area contributed by atoms with E-state index in [4.69, 9.17) is 9.47 Å². The van der Waals surface area contributed by atoms with Gasteiger partial charge in [-0.15, -0.1) is 16.1 Å². The summed E-state index contributed by atoms with van der Waals surface area (Å²) in [5.74, 6) is 9.09. The smallest absolute Gasteiger partial charge is 0.192 e. The highest BCUT2D eigenvalue weighted by molar-refractivity contribution is 7.99. The maximum atomic E-state index is 5.46. The van der Waals surface area contributed by atoms with E-state index in [1.165, 1.54) is 32.1 Å². The zero-order chi connectivity index (χ0) is 18.4. The Bertz CT molecular complexity index is 801. The van der Waals surface area contributed by atoms with Gasteiger partial charge in [-0.1, -0.05) is 36.9 Å². The number of rotatable bonds is 6. The molecule has 0 radical (unpaired) electrons.